The molecule has 0 aliphatic heterocycles. The third-order valence-electron chi connectivity index (χ3n) is 1.67. The molecule has 0 saturated heterocycles. The number of ether oxygens (including phenoxy) is 1. The van der Waals surface area contributed by atoms with Crippen LogP contribution in [-0.2, 0) is 9.53 Å². The highest BCUT2D eigenvalue weighted by molar-refractivity contribution is 5.56. The van der Waals surface area contributed by atoms with Crippen LogP contribution in [0.1, 0.15) is 0 Å². The second-order valence-corrected chi connectivity index (χ2v) is 2.57. The monoisotopic (exact) mass is 195 g/mol. The number of aldehydes is 1. The fourth-order valence-corrected chi connectivity index (χ4v) is 0.885. The Morgan fingerprint density at radius 1 is 1.38 bits per heavy atom. The van der Waals surface area contributed by atoms with Gasteiger partial charge in [0.25, 0.3) is 0 Å². The van der Waals surface area contributed by atoms with Crippen molar-refractivity contribution in [2.45, 2.75) is 24.4 Å². The van der Waals surface area contributed by atoms with Gasteiger partial charge in [0, 0.05) is 7.11 Å². The van der Waals surface area contributed by atoms with E-state index in [2.05, 4.69) is 4.74 Å². The topological polar surface area (TPSA) is 107 Å². The molecule has 4 atom stereocenters. The van der Waals surface area contributed by atoms with Gasteiger partial charge in [0.2, 0.25) is 0 Å². The van der Waals surface area contributed by atoms with Gasteiger partial charge < -0.3 is 30.0 Å². The van der Waals surface area contributed by atoms with E-state index in [0.717, 1.165) is 0 Å². The van der Waals surface area contributed by atoms with Crippen molar-refractivity contribution in [3.05, 3.63) is 0 Å². The first kappa shape index (κ1) is 12.5. The molecule has 0 aromatic carbocycles. The Hall–Kier alpha value is -0.530. The lowest BCUT2D eigenvalue weighted by atomic mass is 10.1. The molecule has 0 rings (SSSR count). The molecule has 0 amide bonds. The second kappa shape index (κ2) is 6.01. The van der Waals surface area contributed by atoms with Gasteiger partial charge in [0.15, 0.2) is 6.29 Å². The quantitative estimate of drug-likeness (QED) is 0.271. The predicted octanol–water partition coefficient (Wildman–Crippen LogP) is -2.72. The maximum absolute atomic E-state index is 10.1. The molecule has 0 aliphatic carbocycles. The van der Waals surface area contributed by atoms with Crippen molar-refractivity contribution >= 4 is 6.29 Å². The lowest BCUT2D eigenvalue weighted by Gasteiger charge is -2.25. The zero-order chi connectivity index (χ0) is 10.4. The number of hydrogen-bond donors (Lipinski definition) is 4. The first-order valence-electron chi connectivity index (χ1n) is 3.71. The summed E-state index contributed by atoms with van der Waals surface area (Å²) in [5, 5.41) is 35.6. The SMILES string of the molecule is CO[C@@H]([C@H](O)[C@H](O)[13CH2]O)[C@@H](O)C=O. The van der Waals surface area contributed by atoms with Crippen LogP contribution in [0, 0.1) is 0 Å². The molecule has 4 N–H and O–H groups in total. The van der Waals surface area contributed by atoms with Gasteiger partial charge in [0.05, 0.1) is 6.61 Å². The van der Waals surface area contributed by atoms with E-state index in [9.17, 15) is 9.90 Å². The fraction of sp³-hybridized carbons (Fsp3) is 0.857. The molecule has 0 radical (unpaired) electrons. The van der Waals surface area contributed by atoms with E-state index >= 15 is 0 Å². The average Bonchev–Trinajstić information content (AvgIpc) is 2.17. The van der Waals surface area contributed by atoms with Crippen molar-refractivity contribution in [2.24, 2.45) is 0 Å². The molecule has 0 unspecified atom stereocenters. The zero-order valence-corrected chi connectivity index (χ0v) is 7.20. The molecule has 0 aliphatic rings. The first-order chi connectivity index (χ1) is 6.08. The summed E-state index contributed by atoms with van der Waals surface area (Å²) in [6.07, 6.45) is -5.53. The first-order valence-corrected chi connectivity index (χ1v) is 3.71. The summed E-state index contributed by atoms with van der Waals surface area (Å²) in [6, 6.07) is 0. The molecule has 6 heteroatoms. The highest BCUT2D eigenvalue weighted by Crippen LogP contribution is 2.07. The third-order valence-corrected chi connectivity index (χ3v) is 1.67. The van der Waals surface area contributed by atoms with Gasteiger partial charge in [-0.25, -0.2) is 0 Å². The minimum atomic E-state index is -1.53. The number of aliphatic hydroxyl groups excluding tert-OH is 4. The number of rotatable bonds is 6. The number of hydrogen-bond acceptors (Lipinski definition) is 6. The Labute approximate surface area is 75.4 Å². The van der Waals surface area contributed by atoms with E-state index in [-0.39, 0.29) is 6.29 Å². The Kier molecular flexibility index (Phi) is 5.76. The Balaban J connectivity index is 4.29. The Morgan fingerprint density at radius 2 is 1.92 bits per heavy atom. The molecule has 0 spiro atoms. The van der Waals surface area contributed by atoms with E-state index in [1.165, 1.54) is 7.11 Å². The molecule has 0 fully saturated rings. The molecule has 0 heterocycles. The van der Waals surface area contributed by atoms with Crippen molar-refractivity contribution in [1.82, 2.24) is 0 Å². The van der Waals surface area contributed by atoms with Gasteiger partial charge in [-0.1, -0.05) is 0 Å². The second-order valence-electron chi connectivity index (χ2n) is 2.57. The van der Waals surface area contributed by atoms with E-state index in [1.807, 2.05) is 0 Å². The fourth-order valence-electron chi connectivity index (χ4n) is 0.885. The summed E-state index contributed by atoms with van der Waals surface area (Å²) in [7, 11) is 1.17. The number of carbonyl (C=O) groups excluding carboxylic acids is 1. The number of carbonyl (C=O) groups is 1. The Morgan fingerprint density at radius 3 is 2.23 bits per heavy atom. The van der Waals surface area contributed by atoms with Gasteiger partial charge in [0.1, 0.15) is 24.4 Å². The predicted molar refractivity (Wildman–Crippen MR) is 42.0 cm³/mol. The molecule has 0 bridgehead atoms. The summed E-state index contributed by atoms with van der Waals surface area (Å²) in [6.45, 7) is -0.674. The molecule has 0 saturated carbocycles. The van der Waals surface area contributed by atoms with Crippen LogP contribution in [-0.4, -0.2) is 64.8 Å². The van der Waals surface area contributed by atoms with Crippen LogP contribution in [0.3, 0.4) is 0 Å². The highest BCUT2D eigenvalue weighted by atomic mass is 16.5. The summed E-state index contributed by atoms with van der Waals surface area (Å²) in [5.41, 5.74) is 0. The summed E-state index contributed by atoms with van der Waals surface area (Å²) >= 11 is 0. The van der Waals surface area contributed by atoms with Crippen molar-refractivity contribution in [2.75, 3.05) is 13.7 Å². The highest BCUT2D eigenvalue weighted by Gasteiger charge is 2.31. The minimum Gasteiger partial charge on any atom is -0.394 e. The van der Waals surface area contributed by atoms with Crippen LogP contribution in [0.4, 0.5) is 0 Å². The van der Waals surface area contributed by atoms with E-state index < -0.39 is 31.0 Å². The lowest BCUT2D eigenvalue weighted by Crippen LogP contribution is -2.47. The van der Waals surface area contributed by atoms with Crippen LogP contribution < -0.4 is 0 Å². The zero-order valence-electron chi connectivity index (χ0n) is 7.20. The van der Waals surface area contributed by atoms with Crippen molar-refractivity contribution in [1.29, 1.82) is 0 Å². The Bertz CT molecular complexity index is 150. The molecule has 0 aromatic rings. The largest absolute Gasteiger partial charge is 0.394 e. The smallest absolute Gasteiger partial charge is 0.151 e. The minimum absolute atomic E-state index is 0.182. The van der Waals surface area contributed by atoms with Gasteiger partial charge in [-0.2, -0.15) is 0 Å². The van der Waals surface area contributed by atoms with Gasteiger partial charge in [-0.3, -0.25) is 0 Å². The van der Waals surface area contributed by atoms with Crippen LogP contribution in [0.15, 0.2) is 0 Å². The van der Waals surface area contributed by atoms with Crippen LogP contribution in [0.2, 0.25) is 0 Å². The maximum Gasteiger partial charge on any atom is 0.151 e. The van der Waals surface area contributed by atoms with E-state index in [4.69, 9.17) is 15.3 Å². The molecule has 0 aromatic heterocycles. The van der Waals surface area contributed by atoms with E-state index in [1.54, 1.807) is 0 Å². The molecule has 6 nitrogen and oxygen atoms in total. The van der Waals surface area contributed by atoms with Gasteiger partial charge in [-0.05, 0) is 0 Å². The molecule has 13 heavy (non-hydrogen) atoms. The van der Waals surface area contributed by atoms with Crippen molar-refractivity contribution in [3.63, 3.8) is 0 Å². The maximum atomic E-state index is 10.1. The summed E-state index contributed by atoms with van der Waals surface area (Å²) < 4.78 is 4.59. The average molecular weight is 195 g/mol. The van der Waals surface area contributed by atoms with Crippen molar-refractivity contribution in [3.8, 4) is 0 Å². The summed E-state index contributed by atoms with van der Waals surface area (Å²) in [5.74, 6) is 0. The van der Waals surface area contributed by atoms with E-state index in [0.29, 0.717) is 0 Å². The van der Waals surface area contributed by atoms with Crippen LogP contribution >= 0.6 is 0 Å². The summed E-state index contributed by atoms with van der Waals surface area (Å²) in [4.78, 5) is 10.1. The standard InChI is InChI=1S/C7H14O6/c1-13-7(5(11)3-9)6(12)4(10)2-8/h3-8,10-12H,2H2,1H3/t4-,5+,6-,7-/m1/s1/i2+1. The lowest BCUT2D eigenvalue weighted by molar-refractivity contribution is -0.143. The molecule has 78 valence electrons. The van der Waals surface area contributed by atoms with Gasteiger partial charge in [-0.15, -0.1) is 0 Å². The molecular weight excluding hydrogens is 181 g/mol. The van der Waals surface area contributed by atoms with Crippen LogP contribution in [0.25, 0.3) is 0 Å². The molecular formula is C7H14O6. The number of aliphatic hydroxyl groups is 4. The van der Waals surface area contributed by atoms with Crippen LogP contribution in [0.5, 0.6) is 0 Å². The normalized spacial score (nSPS) is 20.4. The van der Waals surface area contributed by atoms with Gasteiger partial charge >= 0.3 is 0 Å². The van der Waals surface area contributed by atoms with Crippen molar-refractivity contribution < 1.29 is 30.0 Å². The number of methoxy groups -OCH3 is 1. The third kappa shape index (κ3) is 3.37.